The summed E-state index contributed by atoms with van der Waals surface area (Å²) in [7, 11) is 3.23. The lowest BCUT2D eigenvalue weighted by molar-refractivity contribution is -0.122. The zero-order valence-corrected chi connectivity index (χ0v) is 13.6. The Hall–Kier alpha value is -1.75. The molecule has 21 heavy (non-hydrogen) atoms. The number of hydrogen-bond donors (Lipinski definition) is 2. The van der Waals surface area contributed by atoms with Gasteiger partial charge >= 0.3 is 0 Å². The van der Waals surface area contributed by atoms with Gasteiger partial charge < -0.3 is 20.1 Å². The van der Waals surface area contributed by atoms with E-state index in [4.69, 9.17) is 9.47 Å². The zero-order valence-electron chi connectivity index (χ0n) is 13.6. The number of methoxy groups -OCH3 is 2. The molecule has 0 aromatic heterocycles. The van der Waals surface area contributed by atoms with Crippen molar-refractivity contribution < 1.29 is 14.3 Å². The van der Waals surface area contributed by atoms with E-state index >= 15 is 0 Å². The molecular weight excluding hydrogens is 268 g/mol. The molecule has 0 bridgehead atoms. The Morgan fingerprint density at radius 3 is 2.38 bits per heavy atom. The molecule has 0 saturated carbocycles. The van der Waals surface area contributed by atoms with Gasteiger partial charge in [0, 0.05) is 25.0 Å². The minimum absolute atomic E-state index is 0.0577. The molecule has 0 unspecified atom stereocenters. The molecule has 1 aromatic rings. The number of carbonyl (C=O) groups is 1. The Balaban J connectivity index is 2.38. The smallest absolute Gasteiger partial charge is 0.221 e. The largest absolute Gasteiger partial charge is 0.493 e. The van der Waals surface area contributed by atoms with Gasteiger partial charge in [-0.1, -0.05) is 6.07 Å². The molecule has 0 aliphatic rings. The summed E-state index contributed by atoms with van der Waals surface area (Å²) in [4.78, 5) is 11.7. The number of ether oxygens (including phenoxy) is 2. The van der Waals surface area contributed by atoms with Gasteiger partial charge in [0.25, 0.3) is 0 Å². The van der Waals surface area contributed by atoms with E-state index < -0.39 is 0 Å². The second-order valence-corrected chi connectivity index (χ2v) is 5.91. The molecule has 5 nitrogen and oxygen atoms in total. The molecule has 0 radical (unpaired) electrons. The maximum absolute atomic E-state index is 11.7. The molecular formula is C16H26N2O3. The topological polar surface area (TPSA) is 59.6 Å². The van der Waals surface area contributed by atoms with Gasteiger partial charge in [0.2, 0.25) is 5.91 Å². The van der Waals surface area contributed by atoms with E-state index in [-0.39, 0.29) is 11.4 Å². The van der Waals surface area contributed by atoms with Gasteiger partial charge in [-0.05, 0) is 38.5 Å². The summed E-state index contributed by atoms with van der Waals surface area (Å²) >= 11 is 0. The quantitative estimate of drug-likeness (QED) is 0.756. The van der Waals surface area contributed by atoms with Gasteiger partial charge in [-0.2, -0.15) is 0 Å². The normalized spacial score (nSPS) is 11.1. The lowest BCUT2D eigenvalue weighted by Gasteiger charge is -2.20. The second kappa shape index (κ2) is 7.88. The van der Waals surface area contributed by atoms with Crippen LogP contribution in [0.4, 0.5) is 0 Å². The van der Waals surface area contributed by atoms with Crippen LogP contribution < -0.4 is 20.1 Å². The van der Waals surface area contributed by atoms with Gasteiger partial charge in [-0.15, -0.1) is 0 Å². The van der Waals surface area contributed by atoms with Gasteiger partial charge in [0.15, 0.2) is 11.5 Å². The number of nitrogens with one attached hydrogen (secondary N) is 2. The Labute approximate surface area is 127 Å². The van der Waals surface area contributed by atoms with Crippen LogP contribution >= 0.6 is 0 Å². The first-order valence-corrected chi connectivity index (χ1v) is 7.08. The monoisotopic (exact) mass is 294 g/mol. The van der Waals surface area contributed by atoms with Crippen LogP contribution in [-0.4, -0.2) is 32.2 Å². The van der Waals surface area contributed by atoms with Crippen molar-refractivity contribution in [2.75, 3.05) is 20.8 Å². The predicted octanol–water partition coefficient (Wildman–Crippen LogP) is 2.10. The molecule has 0 aliphatic heterocycles. The molecule has 2 N–H and O–H groups in total. The SMILES string of the molecule is COc1ccc(CNCCC(=O)NC(C)(C)C)cc1OC. The molecule has 0 spiro atoms. The van der Waals surface area contributed by atoms with Crippen molar-refractivity contribution in [3.8, 4) is 11.5 Å². The van der Waals surface area contributed by atoms with E-state index in [1.54, 1.807) is 14.2 Å². The van der Waals surface area contributed by atoms with Crippen LogP contribution in [0.1, 0.15) is 32.8 Å². The standard InChI is InChI=1S/C16H26N2O3/c1-16(2,3)18-15(19)8-9-17-11-12-6-7-13(20-4)14(10-12)21-5/h6-7,10,17H,8-9,11H2,1-5H3,(H,18,19). The maximum Gasteiger partial charge on any atom is 0.221 e. The van der Waals surface area contributed by atoms with E-state index in [0.717, 1.165) is 5.56 Å². The van der Waals surface area contributed by atoms with E-state index in [9.17, 15) is 4.79 Å². The summed E-state index contributed by atoms with van der Waals surface area (Å²) in [5.41, 5.74) is 0.907. The summed E-state index contributed by atoms with van der Waals surface area (Å²) in [5.74, 6) is 1.48. The van der Waals surface area contributed by atoms with Crippen molar-refractivity contribution in [2.45, 2.75) is 39.3 Å². The fourth-order valence-corrected chi connectivity index (χ4v) is 1.91. The number of rotatable bonds is 7. The molecule has 1 rings (SSSR count). The first-order valence-electron chi connectivity index (χ1n) is 7.08. The Morgan fingerprint density at radius 2 is 1.81 bits per heavy atom. The minimum atomic E-state index is -0.180. The first kappa shape index (κ1) is 17.3. The third-order valence-corrected chi connectivity index (χ3v) is 2.82. The van der Waals surface area contributed by atoms with Gasteiger partial charge in [-0.25, -0.2) is 0 Å². The van der Waals surface area contributed by atoms with Gasteiger partial charge in [0.1, 0.15) is 0 Å². The van der Waals surface area contributed by atoms with E-state index in [1.807, 2.05) is 39.0 Å². The lowest BCUT2D eigenvalue weighted by Crippen LogP contribution is -2.41. The van der Waals surface area contributed by atoms with Crippen molar-refractivity contribution in [1.29, 1.82) is 0 Å². The Kier molecular flexibility index (Phi) is 6.49. The van der Waals surface area contributed by atoms with Crippen LogP contribution in [0.25, 0.3) is 0 Å². The molecule has 1 aromatic carbocycles. The van der Waals surface area contributed by atoms with Crippen LogP contribution in [0, 0.1) is 0 Å². The van der Waals surface area contributed by atoms with Crippen molar-refractivity contribution >= 4 is 5.91 Å². The fourth-order valence-electron chi connectivity index (χ4n) is 1.91. The third kappa shape index (κ3) is 6.49. The Bertz CT molecular complexity index is 467. The van der Waals surface area contributed by atoms with Crippen LogP contribution in [-0.2, 0) is 11.3 Å². The van der Waals surface area contributed by atoms with Crippen molar-refractivity contribution in [1.82, 2.24) is 10.6 Å². The second-order valence-electron chi connectivity index (χ2n) is 5.91. The maximum atomic E-state index is 11.7. The van der Waals surface area contributed by atoms with E-state index in [0.29, 0.717) is 31.0 Å². The van der Waals surface area contributed by atoms with Crippen molar-refractivity contribution in [2.24, 2.45) is 0 Å². The fraction of sp³-hybridized carbons (Fsp3) is 0.562. The highest BCUT2D eigenvalue weighted by molar-refractivity contribution is 5.76. The number of carbonyl (C=O) groups excluding carboxylic acids is 1. The summed E-state index contributed by atoms with van der Waals surface area (Å²) in [5, 5.41) is 6.19. The molecule has 5 heteroatoms. The lowest BCUT2D eigenvalue weighted by atomic mass is 10.1. The summed E-state index contributed by atoms with van der Waals surface area (Å²) < 4.78 is 10.5. The van der Waals surface area contributed by atoms with Gasteiger partial charge in [-0.3, -0.25) is 4.79 Å². The van der Waals surface area contributed by atoms with Crippen molar-refractivity contribution in [3.05, 3.63) is 23.8 Å². The van der Waals surface area contributed by atoms with Gasteiger partial charge in [0.05, 0.1) is 14.2 Å². The number of benzene rings is 1. The Morgan fingerprint density at radius 1 is 1.14 bits per heavy atom. The van der Waals surface area contributed by atoms with Crippen molar-refractivity contribution in [3.63, 3.8) is 0 Å². The van der Waals surface area contributed by atoms with E-state index in [2.05, 4.69) is 10.6 Å². The molecule has 0 aliphatic carbocycles. The summed E-state index contributed by atoms with van der Waals surface area (Å²) in [6.45, 7) is 7.24. The average molecular weight is 294 g/mol. The first-order chi connectivity index (χ1) is 9.85. The molecule has 118 valence electrons. The number of hydrogen-bond acceptors (Lipinski definition) is 4. The highest BCUT2D eigenvalue weighted by Crippen LogP contribution is 2.27. The highest BCUT2D eigenvalue weighted by Gasteiger charge is 2.12. The van der Waals surface area contributed by atoms with Crippen LogP contribution in [0.5, 0.6) is 11.5 Å². The molecule has 0 atom stereocenters. The van der Waals surface area contributed by atoms with Crippen LogP contribution in [0.3, 0.4) is 0 Å². The molecule has 0 saturated heterocycles. The minimum Gasteiger partial charge on any atom is -0.493 e. The predicted molar refractivity (Wildman–Crippen MR) is 83.8 cm³/mol. The number of amides is 1. The molecule has 0 heterocycles. The molecule has 0 fully saturated rings. The van der Waals surface area contributed by atoms with E-state index in [1.165, 1.54) is 0 Å². The summed E-state index contributed by atoms with van der Waals surface area (Å²) in [6.07, 6.45) is 0.463. The van der Waals surface area contributed by atoms with Crippen LogP contribution in [0.2, 0.25) is 0 Å². The van der Waals surface area contributed by atoms with Crippen LogP contribution in [0.15, 0.2) is 18.2 Å². The zero-order chi connectivity index (χ0) is 15.9. The third-order valence-electron chi connectivity index (χ3n) is 2.82. The summed E-state index contributed by atoms with van der Waals surface area (Å²) in [6, 6.07) is 5.78. The molecule has 1 amide bonds. The highest BCUT2D eigenvalue weighted by atomic mass is 16.5. The average Bonchev–Trinajstić information content (AvgIpc) is 2.41.